The fourth-order valence-corrected chi connectivity index (χ4v) is 4.96. The number of fused-ring (bicyclic) bond motifs is 3. The summed E-state index contributed by atoms with van der Waals surface area (Å²) in [5, 5.41) is 0.734. The summed E-state index contributed by atoms with van der Waals surface area (Å²) in [5.74, 6) is 0. The largest absolute Gasteiger partial charge is 0.274 e. The molecule has 0 saturated heterocycles. The number of nitrogens with zero attached hydrogens (tertiary/aromatic N) is 2. The average Bonchev–Trinajstić information content (AvgIpc) is 3.22. The molecule has 0 fully saturated rings. The van der Waals surface area contributed by atoms with Crippen molar-refractivity contribution < 1.29 is 0 Å². The molecule has 3 aromatic carbocycles. The average molecular weight is 421 g/mol. The summed E-state index contributed by atoms with van der Waals surface area (Å²) in [6, 6.07) is 23.7. The van der Waals surface area contributed by atoms with Crippen molar-refractivity contribution >= 4 is 56.8 Å². The van der Waals surface area contributed by atoms with Gasteiger partial charge in [0.15, 0.2) is 4.96 Å². The number of hydrogen-bond acceptors (Lipinski definition) is 4. The fourth-order valence-electron chi connectivity index (χ4n) is 3.03. The fraction of sp³-hybridized carbons (Fsp3) is 0. The molecule has 0 aliphatic carbocycles. The van der Waals surface area contributed by atoms with Gasteiger partial charge in [-0.15, -0.1) is 0 Å². The summed E-state index contributed by atoms with van der Waals surface area (Å²) in [5.41, 5.74) is 2.67. The van der Waals surface area contributed by atoms with E-state index in [-0.39, 0.29) is 5.56 Å². The van der Waals surface area contributed by atoms with E-state index in [1.54, 1.807) is 16.2 Å². The SMILES string of the molecule is O=c1c(=Cc2ccc(Sc3ccc(Cl)cc3)cc2)sc2nc3ccccc3n12. The van der Waals surface area contributed by atoms with Crippen molar-refractivity contribution in [3.63, 3.8) is 0 Å². The molecule has 0 bridgehead atoms. The summed E-state index contributed by atoms with van der Waals surface area (Å²) < 4.78 is 2.38. The van der Waals surface area contributed by atoms with E-state index in [1.165, 1.54) is 11.3 Å². The monoisotopic (exact) mass is 420 g/mol. The van der Waals surface area contributed by atoms with Crippen LogP contribution >= 0.6 is 34.7 Å². The predicted octanol–water partition coefficient (Wildman–Crippen LogP) is 5.26. The molecule has 0 spiro atoms. The Morgan fingerprint density at radius 1 is 0.929 bits per heavy atom. The van der Waals surface area contributed by atoms with E-state index in [1.807, 2.05) is 66.7 Å². The summed E-state index contributed by atoms with van der Waals surface area (Å²) >= 11 is 9.03. The van der Waals surface area contributed by atoms with Crippen LogP contribution in [0.15, 0.2) is 87.4 Å². The Bertz CT molecular complexity index is 1400. The molecule has 5 aromatic rings. The Morgan fingerprint density at radius 3 is 2.36 bits per heavy atom. The first-order valence-electron chi connectivity index (χ1n) is 8.63. The number of aromatic nitrogens is 2. The minimum Gasteiger partial charge on any atom is -0.267 e. The number of rotatable bonds is 3. The lowest BCUT2D eigenvalue weighted by molar-refractivity contribution is 1.19. The standard InChI is InChI=1S/C22H13ClN2OS2/c23-15-7-11-17(12-8-15)27-16-9-5-14(6-10-16)13-20-21(26)25-19-4-2-1-3-18(19)24-22(25)28-20/h1-13H. The molecule has 0 radical (unpaired) electrons. The number of halogens is 1. The smallest absolute Gasteiger partial charge is 0.267 e. The molecule has 2 aromatic heterocycles. The van der Waals surface area contributed by atoms with Gasteiger partial charge in [0.1, 0.15) is 0 Å². The third kappa shape index (κ3) is 3.22. The zero-order valence-electron chi connectivity index (χ0n) is 14.5. The summed E-state index contributed by atoms with van der Waals surface area (Å²) in [7, 11) is 0. The van der Waals surface area contributed by atoms with Gasteiger partial charge in [-0.1, -0.05) is 59.0 Å². The lowest BCUT2D eigenvalue weighted by atomic mass is 10.2. The Balaban J connectivity index is 1.48. The van der Waals surface area contributed by atoms with Crippen LogP contribution in [0.3, 0.4) is 0 Å². The molecule has 28 heavy (non-hydrogen) atoms. The van der Waals surface area contributed by atoms with Gasteiger partial charge in [0.25, 0.3) is 5.56 Å². The third-order valence-corrected chi connectivity index (χ3v) is 6.61. The van der Waals surface area contributed by atoms with E-state index >= 15 is 0 Å². The van der Waals surface area contributed by atoms with Gasteiger partial charge in [-0.05, 0) is 60.2 Å². The molecule has 0 saturated carbocycles. The van der Waals surface area contributed by atoms with Crippen LogP contribution in [0.2, 0.25) is 5.02 Å². The van der Waals surface area contributed by atoms with Crippen molar-refractivity contribution in [2.24, 2.45) is 0 Å². The van der Waals surface area contributed by atoms with Crippen molar-refractivity contribution in [2.45, 2.75) is 9.79 Å². The predicted molar refractivity (Wildman–Crippen MR) is 118 cm³/mol. The molecule has 6 heteroatoms. The number of para-hydroxylation sites is 2. The molecule has 0 aliphatic heterocycles. The van der Waals surface area contributed by atoms with E-state index in [4.69, 9.17) is 11.6 Å². The topological polar surface area (TPSA) is 34.4 Å². The number of hydrogen-bond donors (Lipinski definition) is 0. The van der Waals surface area contributed by atoms with Crippen molar-refractivity contribution in [1.82, 2.24) is 9.38 Å². The van der Waals surface area contributed by atoms with E-state index in [9.17, 15) is 4.79 Å². The molecule has 5 rings (SSSR count). The molecule has 0 aliphatic rings. The van der Waals surface area contributed by atoms with Gasteiger partial charge >= 0.3 is 0 Å². The van der Waals surface area contributed by atoms with Crippen LogP contribution in [0.5, 0.6) is 0 Å². The maximum absolute atomic E-state index is 12.8. The second-order valence-corrected chi connectivity index (χ2v) is 8.85. The third-order valence-electron chi connectivity index (χ3n) is 4.37. The van der Waals surface area contributed by atoms with Crippen LogP contribution in [-0.4, -0.2) is 9.38 Å². The summed E-state index contributed by atoms with van der Waals surface area (Å²) in [6.07, 6.45) is 1.92. The van der Waals surface area contributed by atoms with E-state index in [2.05, 4.69) is 17.1 Å². The Labute approximate surface area is 173 Å². The zero-order valence-corrected chi connectivity index (χ0v) is 16.9. The first-order chi connectivity index (χ1) is 13.7. The molecule has 2 heterocycles. The second kappa shape index (κ2) is 7.09. The van der Waals surface area contributed by atoms with Crippen molar-refractivity contribution in [3.05, 3.63) is 98.3 Å². The van der Waals surface area contributed by atoms with Crippen LogP contribution < -0.4 is 10.1 Å². The van der Waals surface area contributed by atoms with Crippen LogP contribution in [-0.2, 0) is 0 Å². The van der Waals surface area contributed by atoms with Gasteiger partial charge < -0.3 is 0 Å². The quantitative estimate of drug-likeness (QED) is 0.399. The van der Waals surface area contributed by atoms with Gasteiger partial charge in [-0.2, -0.15) is 0 Å². The molecule has 3 nitrogen and oxygen atoms in total. The first kappa shape index (κ1) is 17.5. The van der Waals surface area contributed by atoms with Crippen LogP contribution in [0, 0.1) is 0 Å². The van der Waals surface area contributed by atoms with Gasteiger partial charge in [-0.25, -0.2) is 9.38 Å². The van der Waals surface area contributed by atoms with E-state index in [0.29, 0.717) is 4.53 Å². The van der Waals surface area contributed by atoms with Crippen LogP contribution in [0.1, 0.15) is 5.56 Å². The highest BCUT2D eigenvalue weighted by atomic mass is 35.5. The van der Waals surface area contributed by atoms with Gasteiger partial charge in [0.2, 0.25) is 0 Å². The Kier molecular flexibility index (Phi) is 4.43. The highest BCUT2D eigenvalue weighted by Gasteiger charge is 2.10. The molecule has 0 unspecified atom stereocenters. The van der Waals surface area contributed by atoms with Crippen molar-refractivity contribution in [2.75, 3.05) is 0 Å². The highest BCUT2D eigenvalue weighted by molar-refractivity contribution is 7.99. The molecule has 136 valence electrons. The lowest BCUT2D eigenvalue weighted by Gasteiger charge is -2.02. The van der Waals surface area contributed by atoms with Gasteiger partial charge in [0.05, 0.1) is 15.6 Å². The Morgan fingerprint density at radius 2 is 1.61 bits per heavy atom. The number of thiazole rings is 1. The lowest BCUT2D eigenvalue weighted by Crippen LogP contribution is -2.22. The summed E-state index contributed by atoms with van der Waals surface area (Å²) in [4.78, 5) is 20.4. The first-order valence-corrected chi connectivity index (χ1v) is 10.6. The second-order valence-electron chi connectivity index (χ2n) is 6.26. The molecular formula is C22H13ClN2OS2. The molecule has 0 atom stereocenters. The molecular weight excluding hydrogens is 408 g/mol. The normalized spacial score (nSPS) is 12.2. The van der Waals surface area contributed by atoms with E-state index in [0.717, 1.165) is 36.4 Å². The van der Waals surface area contributed by atoms with Crippen LogP contribution in [0.4, 0.5) is 0 Å². The summed E-state index contributed by atoms with van der Waals surface area (Å²) in [6.45, 7) is 0. The minimum absolute atomic E-state index is 0.0201. The van der Waals surface area contributed by atoms with Crippen molar-refractivity contribution in [3.8, 4) is 0 Å². The van der Waals surface area contributed by atoms with Gasteiger partial charge in [0, 0.05) is 14.8 Å². The highest BCUT2D eigenvalue weighted by Crippen LogP contribution is 2.28. The van der Waals surface area contributed by atoms with E-state index < -0.39 is 0 Å². The molecule has 0 amide bonds. The maximum Gasteiger partial charge on any atom is 0.274 e. The number of imidazole rings is 1. The zero-order chi connectivity index (χ0) is 19.1. The minimum atomic E-state index is -0.0201. The maximum atomic E-state index is 12.8. The number of benzene rings is 3. The Hall–Kier alpha value is -2.60. The molecule has 0 N–H and O–H groups in total. The van der Waals surface area contributed by atoms with Gasteiger partial charge in [-0.3, -0.25) is 4.79 Å². The van der Waals surface area contributed by atoms with Crippen molar-refractivity contribution in [1.29, 1.82) is 0 Å². The van der Waals surface area contributed by atoms with Crippen LogP contribution in [0.25, 0.3) is 22.1 Å².